The van der Waals surface area contributed by atoms with Gasteiger partial charge in [-0.1, -0.05) is 42.6 Å². The summed E-state index contributed by atoms with van der Waals surface area (Å²) in [5.74, 6) is 0.341. The fourth-order valence-electron chi connectivity index (χ4n) is 1.69. The molecule has 0 aromatic rings. The number of hydrogen-bond donors (Lipinski definition) is 2. The molecular weight excluding hydrogens is 270 g/mol. The molecule has 0 aromatic heterocycles. The summed E-state index contributed by atoms with van der Waals surface area (Å²) in [5.41, 5.74) is 0. The largest absolute Gasteiger partial charge is 0.391 e. The minimum Gasteiger partial charge on any atom is -0.391 e. The number of aliphatic hydroxyl groups is 1. The number of carbonyl (C=O) groups excluding carboxylic acids is 1. The van der Waals surface area contributed by atoms with E-state index in [9.17, 15) is 9.90 Å². The Hall–Kier alpha value is -0.0900. The van der Waals surface area contributed by atoms with Gasteiger partial charge in [0, 0.05) is 18.3 Å². The SMILES string of the molecule is CCC(CC)C(O)CNC(=O)CCCCBr. The molecular formula is C12H24BrNO2. The fourth-order valence-corrected chi connectivity index (χ4v) is 2.08. The lowest BCUT2D eigenvalue weighted by molar-refractivity contribution is -0.121. The van der Waals surface area contributed by atoms with E-state index >= 15 is 0 Å². The van der Waals surface area contributed by atoms with Gasteiger partial charge in [-0.2, -0.15) is 0 Å². The van der Waals surface area contributed by atoms with Crippen LogP contribution in [0, 0.1) is 5.92 Å². The molecule has 3 nitrogen and oxygen atoms in total. The number of carbonyl (C=O) groups is 1. The number of aliphatic hydroxyl groups excluding tert-OH is 1. The van der Waals surface area contributed by atoms with Crippen LogP contribution in [0.1, 0.15) is 46.0 Å². The second kappa shape index (κ2) is 10.1. The Labute approximate surface area is 107 Å². The van der Waals surface area contributed by atoms with Crippen molar-refractivity contribution in [3.8, 4) is 0 Å². The predicted octanol–water partition coefficient (Wildman–Crippen LogP) is 2.46. The van der Waals surface area contributed by atoms with Gasteiger partial charge in [0.25, 0.3) is 0 Å². The topological polar surface area (TPSA) is 49.3 Å². The standard InChI is InChI=1S/C12H24BrNO2/c1-3-10(4-2)11(15)9-14-12(16)7-5-6-8-13/h10-11,15H,3-9H2,1-2H3,(H,14,16). The van der Waals surface area contributed by atoms with Crippen LogP contribution in [0.15, 0.2) is 0 Å². The molecule has 1 unspecified atom stereocenters. The monoisotopic (exact) mass is 293 g/mol. The van der Waals surface area contributed by atoms with E-state index in [0.717, 1.165) is 31.0 Å². The van der Waals surface area contributed by atoms with Crippen molar-refractivity contribution in [3.63, 3.8) is 0 Å². The summed E-state index contributed by atoms with van der Waals surface area (Å²) in [5, 5.41) is 13.5. The van der Waals surface area contributed by atoms with Crippen molar-refractivity contribution >= 4 is 21.8 Å². The van der Waals surface area contributed by atoms with Gasteiger partial charge in [0.1, 0.15) is 0 Å². The lowest BCUT2D eigenvalue weighted by Gasteiger charge is -2.20. The van der Waals surface area contributed by atoms with E-state index in [0.29, 0.717) is 18.9 Å². The molecule has 0 aliphatic heterocycles. The van der Waals surface area contributed by atoms with E-state index in [4.69, 9.17) is 0 Å². The van der Waals surface area contributed by atoms with Gasteiger partial charge < -0.3 is 10.4 Å². The molecule has 0 saturated heterocycles. The van der Waals surface area contributed by atoms with E-state index in [1.165, 1.54) is 0 Å². The highest BCUT2D eigenvalue weighted by Gasteiger charge is 2.15. The third kappa shape index (κ3) is 7.23. The molecule has 0 saturated carbocycles. The second-order valence-electron chi connectivity index (χ2n) is 4.09. The van der Waals surface area contributed by atoms with Gasteiger partial charge in [0.05, 0.1) is 6.10 Å². The Kier molecular flexibility index (Phi) is 10.0. The smallest absolute Gasteiger partial charge is 0.220 e. The van der Waals surface area contributed by atoms with Crippen LogP contribution in [0.2, 0.25) is 0 Å². The van der Waals surface area contributed by atoms with Crippen molar-refractivity contribution < 1.29 is 9.90 Å². The third-order valence-electron chi connectivity index (χ3n) is 2.89. The molecule has 0 radical (unpaired) electrons. The molecule has 0 aromatic carbocycles. The molecule has 0 rings (SSSR count). The molecule has 0 aliphatic carbocycles. The molecule has 2 N–H and O–H groups in total. The van der Waals surface area contributed by atoms with Gasteiger partial charge >= 0.3 is 0 Å². The van der Waals surface area contributed by atoms with Crippen LogP contribution in [0.3, 0.4) is 0 Å². The number of alkyl halides is 1. The first kappa shape index (κ1) is 15.9. The molecule has 0 heterocycles. The zero-order valence-electron chi connectivity index (χ0n) is 10.3. The highest BCUT2D eigenvalue weighted by molar-refractivity contribution is 9.09. The molecule has 0 bridgehead atoms. The Morgan fingerprint density at radius 2 is 1.94 bits per heavy atom. The summed E-state index contributed by atoms with van der Waals surface area (Å²) >= 11 is 3.33. The van der Waals surface area contributed by atoms with Crippen molar-refractivity contribution in [3.05, 3.63) is 0 Å². The molecule has 1 amide bonds. The summed E-state index contributed by atoms with van der Waals surface area (Å²) in [7, 11) is 0. The van der Waals surface area contributed by atoms with E-state index in [1.807, 2.05) is 0 Å². The fraction of sp³-hybridized carbons (Fsp3) is 0.917. The van der Waals surface area contributed by atoms with E-state index in [2.05, 4.69) is 35.1 Å². The second-order valence-corrected chi connectivity index (χ2v) is 4.89. The van der Waals surface area contributed by atoms with Gasteiger partial charge in [-0.3, -0.25) is 4.79 Å². The zero-order valence-corrected chi connectivity index (χ0v) is 11.9. The summed E-state index contributed by atoms with van der Waals surface area (Å²) in [4.78, 5) is 11.4. The lowest BCUT2D eigenvalue weighted by atomic mass is 9.96. The Morgan fingerprint density at radius 1 is 1.31 bits per heavy atom. The van der Waals surface area contributed by atoms with Crippen molar-refractivity contribution in [2.75, 3.05) is 11.9 Å². The van der Waals surface area contributed by atoms with Crippen LogP contribution in [-0.4, -0.2) is 29.0 Å². The zero-order chi connectivity index (χ0) is 12.4. The summed E-state index contributed by atoms with van der Waals surface area (Å²) in [6.07, 6.45) is 3.98. The quantitative estimate of drug-likeness (QED) is 0.507. The highest BCUT2D eigenvalue weighted by atomic mass is 79.9. The van der Waals surface area contributed by atoms with Crippen LogP contribution < -0.4 is 5.32 Å². The number of rotatable bonds is 9. The Balaban J connectivity index is 3.65. The molecule has 16 heavy (non-hydrogen) atoms. The van der Waals surface area contributed by atoms with Gasteiger partial charge in [-0.05, 0) is 18.8 Å². The van der Waals surface area contributed by atoms with E-state index in [-0.39, 0.29) is 5.91 Å². The van der Waals surface area contributed by atoms with Crippen LogP contribution in [0.25, 0.3) is 0 Å². The van der Waals surface area contributed by atoms with Crippen LogP contribution >= 0.6 is 15.9 Å². The molecule has 1 atom stereocenters. The summed E-state index contributed by atoms with van der Waals surface area (Å²) in [6, 6.07) is 0. The van der Waals surface area contributed by atoms with Crippen LogP contribution in [0.5, 0.6) is 0 Å². The van der Waals surface area contributed by atoms with E-state index < -0.39 is 6.10 Å². The first-order valence-electron chi connectivity index (χ1n) is 6.16. The Bertz CT molecular complexity index is 184. The van der Waals surface area contributed by atoms with Gasteiger partial charge in [-0.15, -0.1) is 0 Å². The summed E-state index contributed by atoms with van der Waals surface area (Å²) in [6.45, 7) is 4.52. The molecule has 0 spiro atoms. The van der Waals surface area contributed by atoms with Crippen molar-refractivity contribution in [2.24, 2.45) is 5.92 Å². The van der Waals surface area contributed by atoms with E-state index in [1.54, 1.807) is 0 Å². The molecule has 96 valence electrons. The third-order valence-corrected chi connectivity index (χ3v) is 3.45. The predicted molar refractivity (Wildman–Crippen MR) is 70.7 cm³/mol. The lowest BCUT2D eigenvalue weighted by Crippen LogP contribution is -2.35. The normalized spacial score (nSPS) is 12.8. The van der Waals surface area contributed by atoms with Crippen LogP contribution in [-0.2, 0) is 4.79 Å². The first-order valence-corrected chi connectivity index (χ1v) is 7.28. The van der Waals surface area contributed by atoms with Gasteiger partial charge in [0.2, 0.25) is 5.91 Å². The average molecular weight is 294 g/mol. The van der Waals surface area contributed by atoms with Crippen molar-refractivity contribution in [1.82, 2.24) is 5.32 Å². The Morgan fingerprint density at radius 3 is 2.44 bits per heavy atom. The maximum atomic E-state index is 11.4. The maximum Gasteiger partial charge on any atom is 0.220 e. The summed E-state index contributed by atoms with van der Waals surface area (Å²) < 4.78 is 0. The van der Waals surface area contributed by atoms with Gasteiger partial charge in [0.15, 0.2) is 0 Å². The van der Waals surface area contributed by atoms with Crippen LogP contribution in [0.4, 0.5) is 0 Å². The minimum absolute atomic E-state index is 0.0472. The number of amides is 1. The number of hydrogen-bond acceptors (Lipinski definition) is 2. The average Bonchev–Trinajstić information content (AvgIpc) is 2.28. The van der Waals surface area contributed by atoms with Gasteiger partial charge in [-0.25, -0.2) is 0 Å². The maximum absolute atomic E-state index is 11.4. The molecule has 0 fully saturated rings. The van der Waals surface area contributed by atoms with Crippen molar-refractivity contribution in [1.29, 1.82) is 0 Å². The number of nitrogens with one attached hydrogen (secondary N) is 1. The highest BCUT2D eigenvalue weighted by Crippen LogP contribution is 2.12. The first-order chi connectivity index (χ1) is 7.65. The minimum atomic E-state index is -0.407. The number of halogens is 1. The van der Waals surface area contributed by atoms with Crippen molar-refractivity contribution in [2.45, 2.75) is 52.1 Å². The molecule has 0 aliphatic rings. The molecule has 4 heteroatoms. The number of unbranched alkanes of at least 4 members (excludes halogenated alkanes) is 1.